The van der Waals surface area contributed by atoms with Gasteiger partial charge in [-0.1, -0.05) is 6.07 Å². The minimum Gasteiger partial charge on any atom is -0.384 e. The third-order valence-corrected chi connectivity index (χ3v) is 5.65. The van der Waals surface area contributed by atoms with Crippen LogP contribution in [0.4, 0.5) is 24.7 Å². The van der Waals surface area contributed by atoms with Crippen LogP contribution in [0.2, 0.25) is 0 Å². The van der Waals surface area contributed by atoms with Gasteiger partial charge in [-0.2, -0.15) is 18.3 Å². The summed E-state index contributed by atoms with van der Waals surface area (Å²) in [6.07, 6.45) is -2.65. The van der Waals surface area contributed by atoms with Gasteiger partial charge in [0.05, 0.1) is 17.5 Å². The van der Waals surface area contributed by atoms with Crippen molar-refractivity contribution in [1.82, 2.24) is 25.5 Å². The fourth-order valence-corrected chi connectivity index (χ4v) is 3.67. The van der Waals surface area contributed by atoms with Crippen molar-refractivity contribution in [2.24, 2.45) is 0 Å². The predicted octanol–water partition coefficient (Wildman–Crippen LogP) is 4.05. The Hall–Kier alpha value is -5.00. The number of anilines is 1. The summed E-state index contributed by atoms with van der Waals surface area (Å²) in [6.45, 7) is 5.56. The zero-order chi connectivity index (χ0) is 27.6. The van der Waals surface area contributed by atoms with E-state index in [0.717, 1.165) is 10.1 Å². The molecule has 192 valence electrons. The van der Waals surface area contributed by atoms with Crippen LogP contribution in [0.3, 0.4) is 0 Å². The Bertz CT molecular complexity index is 1590. The lowest BCUT2D eigenvalue weighted by atomic mass is 9.98. The first-order chi connectivity index (χ1) is 18.0. The molecule has 0 spiro atoms. The van der Waals surface area contributed by atoms with E-state index in [1.165, 1.54) is 13.2 Å². The van der Waals surface area contributed by atoms with Gasteiger partial charge in [0.1, 0.15) is 18.2 Å². The van der Waals surface area contributed by atoms with Crippen LogP contribution >= 0.6 is 0 Å². The van der Waals surface area contributed by atoms with E-state index in [1.807, 2.05) is 6.92 Å². The first kappa shape index (κ1) is 26.1. The van der Waals surface area contributed by atoms with E-state index >= 15 is 0 Å². The number of nitrogens with two attached hydrogens (primary N) is 1. The maximum absolute atomic E-state index is 13.1. The number of hydrogen-bond donors (Lipinski definition) is 2. The molecule has 3 N–H and O–H groups in total. The van der Waals surface area contributed by atoms with E-state index in [-0.39, 0.29) is 17.4 Å². The third-order valence-electron chi connectivity index (χ3n) is 5.65. The van der Waals surface area contributed by atoms with E-state index in [1.54, 1.807) is 42.5 Å². The Morgan fingerprint density at radius 2 is 1.79 bits per heavy atom. The number of halogens is 3. The van der Waals surface area contributed by atoms with Gasteiger partial charge in [0.25, 0.3) is 5.91 Å². The Morgan fingerprint density at radius 3 is 2.50 bits per heavy atom. The lowest BCUT2D eigenvalue weighted by Gasteiger charge is -2.11. The first-order valence-corrected chi connectivity index (χ1v) is 11.1. The Labute approximate surface area is 214 Å². The molecule has 0 saturated carbocycles. The van der Waals surface area contributed by atoms with Crippen molar-refractivity contribution in [3.05, 3.63) is 83.4 Å². The van der Waals surface area contributed by atoms with Gasteiger partial charge >= 0.3 is 12.1 Å². The number of hydrogen-bond acceptors (Lipinski definition) is 7. The monoisotopic (exact) mass is 520 g/mol. The number of nitrogen functional groups attached to an aromatic ring is 1. The van der Waals surface area contributed by atoms with Crippen LogP contribution in [0, 0.1) is 6.92 Å². The number of pyridine rings is 2. The highest BCUT2D eigenvalue weighted by atomic mass is 19.4. The molecule has 0 fully saturated rings. The third kappa shape index (κ3) is 5.38. The summed E-state index contributed by atoms with van der Waals surface area (Å²) in [4.78, 5) is 33.3. The van der Waals surface area contributed by atoms with Gasteiger partial charge in [0.15, 0.2) is 0 Å². The van der Waals surface area contributed by atoms with Gasteiger partial charge in [0.2, 0.25) is 11.4 Å². The fourth-order valence-electron chi connectivity index (χ4n) is 3.67. The second-order valence-electron chi connectivity index (χ2n) is 8.23. The standard InChI is InChI=1S/C26H20F3N7O2/c1-14-4-5-18(36(3)25(38)22-11-17(13-33-35-22)26(27,28)29)12-19(14)16-9-20(34-23(30)10-16)15-6-7-32-21(8-15)24(37)31-2/h4-13H,3H2,1-2H3,(H2-,30,31,34,37)/p+1. The number of amides is 2. The topological polar surface area (TPSA) is 127 Å². The SMILES string of the molecule is C=[N+](C(=O)c1cc(C(F)(F)F)cnn1)c1ccc(C)c(-c2cc(N)nc(-c3ccnc(C(=O)NC)c3)c2)c1. The van der Waals surface area contributed by atoms with Crippen LogP contribution in [0.1, 0.15) is 32.1 Å². The van der Waals surface area contributed by atoms with Crippen molar-refractivity contribution >= 4 is 30.0 Å². The lowest BCUT2D eigenvalue weighted by molar-refractivity contribution is -0.325. The lowest BCUT2D eigenvalue weighted by Crippen LogP contribution is -2.19. The molecular formula is C26H21F3N7O2+. The van der Waals surface area contributed by atoms with E-state index in [0.29, 0.717) is 40.3 Å². The quantitative estimate of drug-likeness (QED) is 0.300. The summed E-state index contributed by atoms with van der Waals surface area (Å²) in [5, 5.41) is 9.36. The van der Waals surface area contributed by atoms with E-state index < -0.39 is 23.3 Å². The molecule has 0 bridgehead atoms. The zero-order valence-corrected chi connectivity index (χ0v) is 20.2. The summed E-state index contributed by atoms with van der Waals surface area (Å²) >= 11 is 0. The van der Waals surface area contributed by atoms with E-state index in [2.05, 4.69) is 32.2 Å². The number of carbonyl (C=O) groups is 2. The number of nitrogens with one attached hydrogen (secondary N) is 1. The summed E-state index contributed by atoms with van der Waals surface area (Å²) in [7, 11) is 1.50. The van der Waals surface area contributed by atoms with Crippen LogP contribution in [-0.2, 0) is 6.18 Å². The molecule has 1 aromatic carbocycles. The molecule has 38 heavy (non-hydrogen) atoms. The molecule has 0 radical (unpaired) electrons. The summed E-state index contributed by atoms with van der Waals surface area (Å²) in [5.41, 5.74) is 8.26. The molecule has 9 nitrogen and oxygen atoms in total. The number of aromatic nitrogens is 4. The predicted molar refractivity (Wildman–Crippen MR) is 134 cm³/mol. The number of carbonyl (C=O) groups excluding carboxylic acids is 2. The van der Waals surface area contributed by atoms with Crippen LogP contribution in [0.5, 0.6) is 0 Å². The van der Waals surface area contributed by atoms with Gasteiger partial charge in [-0.25, -0.2) is 9.78 Å². The molecule has 0 unspecified atom stereocenters. The molecule has 4 rings (SSSR count). The number of benzene rings is 1. The summed E-state index contributed by atoms with van der Waals surface area (Å²) < 4.78 is 40.1. The summed E-state index contributed by atoms with van der Waals surface area (Å²) in [6, 6.07) is 12.3. The number of rotatable bonds is 5. The minimum atomic E-state index is -4.68. The van der Waals surface area contributed by atoms with Crippen molar-refractivity contribution in [2.45, 2.75) is 13.1 Å². The average Bonchev–Trinajstić information content (AvgIpc) is 2.91. The Morgan fingerprint density at radius 1 is 1.03 bits per heavy atom. The highest BCUT2D eigenvalue weighted by Crippen LogP contribution is 2.32. The molecule has 3 aromatic heterocycles. The minimum absolute atomic E-state index is 0.206. The first-order valence-electron chi connectivity index (χ1n) is 11.1. The van der Waals surface area contributed by atoms with Crippen molar-refractivity contribution in [3.8, 4) is 22.4 Å². The molecule has 3 heterocycles. The van der Waals surface area contributed by atoms with E-state index in [4.69, 9.17) is 5.73 Å². The molecule has 0 atom stereocenters. The number of nitrogens with zero attached hydrogens (tertiary/aromatic N) is 5. The van der Waals surface area contributed by atoms with Gasteiger partial charge in [0, 0.05) is 30.9 Å². The van der Waals surface area contributed by atoms with Gasteiger partial charge in [-0.3, -0.25) is 9.78 Å². The Kier molecular flexibility index (Phi) is 6.98. The largest absolute Gasteiger partial charge is 0.445 e. The maximum Gasteiger partial charge on any atom is 0.445 e. The van der Waals surface area contributed by atoms with Crippen molar-refractivity contribution < 1.29 is 27.3 Å². The normalized spacial score (nSPS) is 11.2. The second kappa shape index (κ2) is 10.2. The van der Waals surface area contributed by atoms with Crippen molar-refractivity contribution in [3.63, 3.8) is 0 Å². The molecule has 12 heteroatoms. The number of alkyl halides is 3. The molecule has 0 aliphatic heterocycles. The molecule has 0 aliphatic carbocycles. The number of aryl methyl sites for hydroxylation is 1. The van der Waals surface area contributed by atoms with Crippen LogP contribution in [-0.4, -0.2) is 50.3 Å². The summed E-state index contributed by atoms with van der Waals surface area (Å²) in [5.74, 6) is -1.01. The second-order valence-corrected chi connectivity index (χ2v) is 8.23. The van der Waals surface area contributed by atoms with Gasteiger partial charge < -0.3 is 11.1 Å². The molecule has 0 aliphatic rings. The smallest absolute Gasteiger partial charge is 0.384 e. The van der Waals surface area contributed by atoms with E-state index in [9.17, 15) is 22.8 Å². The average molecular weight is 520 g/mol. The molecule has 4 aromatic rings. The van der Waals surface area contributed by atoms with Crippen LogP contribution < -0.4 is 11.1 Å². The van der Waals surface area contributed by atoms with Crippen LogP contribution in [0.25, 0.3) is 22.4 Å². The van der Waals surface area contributed by atoms with Gasteiger partial charge in [-0.05, 0) is 53.9 Å². The fraction of sp³-hybridized carbons (Fsp3) is 0.115. The Balaban J connectivity index is 1.72. The maximum atomic E-state index is 13.1. The molecule has 0 saturated heterocycles. The van der Waals surface area contributed by atoms with Crippen LogP contribution in [0.15, 0.2) is 60.9 Å². The molecule has 2 amide bonds. The highest BCUT2D eigenvalue weighted by Gasteiger charge is 2.34. The highest BCUT2D eigenvalue weighted by molar-refractivity contribution is 5.93. The van der Waals surface area contributed by atoms with Gasteiger partial charge in [-0.15, -0.1) is 9.67 Å². The van der Waals surface area contributed by atoms with Crippen molar-refractivity contribution in [1.29, 1.82) is 0 Å². The zero-order valence-electron chi connectivity index (χ0n) is 20.2. The molecular weight excluding hydrogens is 499 g/mol. The van der Waals surface area contributed by atoms with Crippen molar-refractivity contribution in [2.75, 3.05) is 12.8 Å².